The van der Waals surface area contributed by atoms with E-state index in [1.165, 1.54) is 0 Å². The van der Waals surface area contributed by atoms with E-state index < -0.39 is 0 Å². The highest BCUT2D eigenvalue weighted by Gasteiger charge is 2.14. The number of aryl methyl sites for hydroxylation is 1. The minimum atomic E-state index is 0.119. The van der Waals surface area contributed by atoms with Crippen LogP contribution in [0.3, 0.4) is 0 Å². The molecule has 1 heterocycles. The Hall–Kier alpha value is -1.42. The third kappa shape index (κ3) is 2.15. The van der Waals surface area contributed by atoms with Crippen molar-refractivity contribution in [1.29, 1.82) is 0 Å². The van der Waals surface area contributed by atoms with Gasteiger partial charge in [0.2, 0.25) is 0 Å². The van der Waals surface area contributed by atoms with Crippen LogP contribution in [-0.2, 0) is 6.42 Å². The highest BCUT2D eigenvalue weighted by Crippen LogP contribution is 2.36. The molecule has 0 atom stereocenters. The predicted molar refractivity (Wildman–Crippen MR) is 54.5 cm³/mol. The van der Waals surface area contributed by atoms with Gasteiger partial charge < -0.3 is 19.7 Å². The number of hydrogen-bond acceptors (Lipinski definition) is 4. The number of aromatic hydroxyl groups is 1. The maximum Gasteiger partial charge on any atom is 0.165 e. The Morgan fingerprint density at radius 1 is 1.13 bits per heavy atom. The second-order valence-electron chi connectivity index (χ2n) is 3.45. The van der Waals surface area contributed by atoms with E-state index in [0.717, 1.165) is 5.56 Å². The van der Waals surface area contributed by atoms with Crippen LogP contribution >= 0.6 is 0 Å². The molecule has 0 fully saturated rings. The van der Waals surface area contributed by atoms with Gasteiger partial charge in [0.15, 0.2) is 11.5 Å². The number of phenols is 1. The van der Waals surface area contributed by atoms with Gasteiger partial charge >= 0.3 is 0 Å². The van der Waals surface area contributed by atoms with Gasteiger partial charge in [0.1, 0.15) is 19.0 Å². The number of ether oxygens (including phenoxy) is 2. The summed E-state index contributed by atoms with van der Waals surface area (Å²) in [7, 11) is 0. The maximum absolute atomic E-state index is 9.68. The summed E-state index contributed by atoms with van der Waals surface area (Å²) < 4.78 is 10.7. The highest BCUT2D eigenvalue weighted by atomic mass is 16.6. The first kappa shape index (κ1) is 10.1. The quantitative estimate of drug-likeness (QED) is 0.784. The smallest absolute Gasteiger partial charge is 0.165 e. The third-order valence-electron chi connectivity index (χ3n) is 2.35. The minimum absolute atomic E-state index is 0.119. The number of fused-ring (bicyclic) bond motifs is 1. The predicted octanol–water partition coefficient (Wildman–Crippen LogP) is 1.09. The lowest BCUT2D eigenvalue weighted by Crippen LogP contribution is -2.15. The molecule has 1 aromatic rings. The molecule has 15 heavy (non-hydrogen) atoms. The van der Waals surface area contributed by atoms with Crippen molar-refractivity contribution in [2.75, 3.05) is 19.8 Å². The normalized spacial score (nSPS) is 13.9. The van der Waals surface area contributed by atoms with E-state index >= 15 is 0 Å². The van der Waals surface area contributed by atoms with Crippen LogP contribution in [0.2, 0.25) is 0 Å². The largest absolute Gasteiger partial charge is 0.508 e. The molecule has 1 aliphatic rings. The molecule has 0 radical (unpaired) electrons. The zero-order chi connectivity index (χ0) is 10.7. The molecule has 0 saturated heterocycles. The zero-order valence-electron chi connectivity index (χ0n) is 8.40. The minimum Gasteiger partial charge on any atom is -0.508 e. The van der Waals surface area contributed by atoms with Crippen molar-refractivity contribution in [2.24, 2.45) is 0 Å². The number of rotatable bonds is 3. The Kier molecular flexibility index (Phi) is 2.97. The molecule has 1 aromatic carbocycles. The van der Waals surface area contributed by atoms with E-state index in [-0.39, 0.29) is 12.4 Å². The molecule has 0 aromatic heterocycles. The fourth-order valence-electron chi connectivity index (χ4n) is 1.59. The van der Waals surface area contributed by atoms with E-state index in [2.05, 4.69) is 0 Å². The Morgan fingerprint density at radius 2 is 1.80 bits per heavy atom. The number of phenolic OH excluding ortho intramolecular Hbond substituents is 1. The first-order valence-corrected chi connectivity index (χ1v) is 5.03. The van der Waals surface area contributed by atoms with Crippen LogP contribution in [0, 0.1) is 0 Å². The van der Waals surface area contributed by atoms with Crippen molar-refractivity contribution in [3.63, 3.8) is 0 Å². The fraction of sp³-hybridized carbons (Fsp3) is 0.455. The fourth-order valence-corrected chi connectivity index (χ4v) is 1.59. The lowest BCUT2D eigenvalue weighted by atomic mass is 10.1. The second-order valence-corrected chi connectivity index (χ2v) is 3.45. The van der Waals surface area contributed by atoms with E-state index in [9.17, 15) is 5.11 Å². The van der Waals surface area contributed by atoms with Gasteiger partial charge in [-0.3, -0.25) is 0 Å². The van der Waals surface area contributed by atoms with Crippen molar-refractivity contribution in [3.8, 4) is 17.2 Å². The number of benzene rings is 1. The van der Waals surface area contributed by atoms with Crippen LogP contribution in [-0.4, -0.2) is 30.0 Å². The molecular formula is C11H14O4. The molecule has 0 bridgehead atoms. The Morgan fingerprint density at radius 3 is 2.47 bits per heavy atom. The van der Waals surface area contributed by atoms with Crippen LogP contribution < -0.4 is 9.47 Å². The molecule has 1 aliphatic heterocycles. The molecule has 2 rings (SSSR count). The van der Waals surface area contributed by atoms with Crippen molar-refractivity contribution in [1.82, 2.24) is 0 Å². The van der Waals surface area contributed by atoms with E-state index in [1.807, 2.05) is 0 Å². The summed E-state index contributed by atoms with van der Waals surface area (Å²) in [4.78, 5) is 0. The standard InChI is InChI=1S/C11H14O4/c12-3-1-2-8-6-10-11(7-9(8)13)15-5-4-14-10/h6-7,12-13H,1-5H2. The number of aliphatic hydroxyl groups excluding tert-OH is 1. The van der Waals surface area contributed by atoms with Gasteiger partial charge in [0.05, 0.1) is 0 Å². The van der Waals surface area contributed by atoms with Gasteiger partial charge in [-0.15, -0.1) is 0 Å². The third-order valence-corrected chi connectivity index (χ3v) is 2.35. The Labute approximate surface area is 88.1 Å². The first-order chi connectivity index (χ1) is 7.31. The average molecular weight is 210 g/mol. The summed E-state index contributed by atoms with van der Waals surface area (Å²) in [5, 5.41) is 18.4. The van der Waals surface area contributed by atoms with Crippen LogP contribution in [0.4, 0.5) is 0 Å². The number of aliphatic hydroxyl groups is 1. The van der Waals surface area contributed by atoms with Gasteiger partial charge in [0.25, 0.3) is 0 Å². The Bertz CT molecular complexity index is 349. The lowest BCUT2D eigenvalue weighted by molar-refractivity contribution is 0.170. The van der Waals surface area contributed by atoms with Gasteiger partial charge in [0, 0.05) is 12.7 Å². The summed E-state index contributed by atoms with van der Waals surface area (Å²) in [6.45, 7) is 1.17. The number of hydrogen-bond donors (Lipinski definition) is 2. The molecule has 2 N–H and O–H groups in total. The molecule has 4 heteroatoms. The molecule has 0 aliphatic carbocycles. The van der Waals surface area contributed by atoms with Gasteiger partial charge in [-0.25, -0.2) is 0 Å². The average Bonchev–Trinajstić information content (AvgIpc) is 2.26. The van der Waals surface area contributed by atoms with Crippen LogP contribution in [0.25, 0.3) is 0 Å². The topological polar surface area (TPSA) is 58.9 Å². The van der Waals surface area contributed by atoms with Crippen LogP contribution in [0.1, 0.15) is 12.0 Å². The van der Waals surface area contributed by atoms with Crippen molar-refractivity contribution < 1.29 is 19.7 Å². The molecule has 0 unspecified atom stereocenters. The molecule has 82 valence electrons. The molecular weight excluding hydrogens is 196 g/mol. The van der Waals surface area contributed by atoms with E-state index in [0.29, 0.717) is 37.6 Å². The van der Waals surface area contributed by atoms with E-state index in [1.54, 1.807) is 12.1 Å². The maximum atomic E-state index is 9.68. The summed E-state index contributed by atoms with van der Waals surface area (Å²) in [6.07, 6.45) is 1.27. The van der Waals surface area contributed by atoms with E-state index in [4.69, 9.17) is 14.6 Å². The zero-order valence-corrected chi connectivity index (χ0v) is 8.40. The van der Waals surface area contributed by atoms with Gasteiger partial charge in [-0.05, 0) is 24.5 Å². The molecule has 0 spiro atoms. The Balaban J connectivity index is 2.24. The van der Waals surface area contributed by atoms with Crippen LogP contribution in [0.5, 0.6) is 17.2 Å². The SMILES string of the molecule is OCCCc1cc2c(cc1O)OCCO2. The van der Waals surface area contributed by atoms with Crippen molar-refractivity contribution in [2.45, 2.75) is 12.8 Å². The molecule has 0 saturated carbocycles. The molecule has 0 amide bonds. The van der Waals surface area contributed by atoms with Gasteiger partial charge in [-0.2, -0.15) is 0 Å². The first-order valence-electron chi connectivity index (χ1n) is 5.03. The summed E-state index contributed by atoms with van der Waals surface area (Å²) >= 11 is 0. The van der Waals surface area contributed by atoms with Crippen LogP contribution in [0.15, 0.2) is 12.1 Å². The lowest BCUT2D eigenvalue weighted by Gasteiger charge is -2.19. The van der Waals surface area contributed by atoms with Crippen molar-refractivity contribution >= 4 is 0 Å². The summed E-state index contributed by atoms with van der Waals surface area (Å²) in [6, 6.07) is 3.35. The second kappa shape index (κ2) is 4.40. The van der Waals surface area contributed by atoms with Crippen molar-refractivity contribution in [3.05, 3.63) is 17.7 Å². The highest BCUT2D eigenvalue weighted by molar-refractivity contribution is 5.50. The molecule has 4 nitrogen and oxygen atoms in total. The monoisotopic (exact) mass is 210 g/mol. The summed E-state index contributed by atoms with van der Waals surface area (Å²) in [5.41, 5.74) is 0.785. The van der Waals surface area contributed by atoms with Gasteiger partial charge in [-0.1, -0.05) is 0 Å². The summed E-state index contributed by atoms with van der Waals surface area (Å²) in [5.74, 6) is 1.46.